The van der Waals surface area contributed by atoms with Crippen LogP contribution in [0.5, 0.6) is 0 Å². The Labute approximate surface area is 101 Å². The van der Waals surface area contributed by atoms with Crippen LogP contribution < -0.4 is 16.2 Å². The van der Waals surface area contributed by atoms with Crippen LogP contribution in [0.4, 0.5) is 5.82 Å². The Balaban J connectivity index is 2.32. The highest BCUT2D eigenvalue weighted by molar-refractivity contribution is 5.40. The van der Waals surface area contributed by atoms with Gasteiger partial charge in [0.25, 0.3) is 5.56 Å². The summed E-state index contributed by atoms with van der Waals surface area (Å²) in [5, 5.41) is 0. The van der Waals surface area contributed by atoms with E-state index in [1.165, 1.54) is 6.42 Å². The average Bonchev–Trinajstić information content (AvgIpc) is 2.27. The van der Waals surface area contributed by atoms with Crippen LogP contribution in [0, 0.1) is 6.92 Å². The quantitative estimate of drug-likeness (QED) is 0.796. The van der Waals surface area contributed by atoms with Gasteiger partial charge in [0.2, 0.25) is 0 Å². The van der Waals surface area contributed by atoms with E-state index in [4.69, 9.17) is 5.73 Å². The molecule has 0 saturated carbocycles. The first-order valence-corrected chi connectivity index (χ1v) is 6.18. The second-order valence-electron chi connectivity index (χ2n) is 4.80. The molecule has 0 aliphatic carbocycles. The number of anilines is 1. The first-order valence-electron chi connectivity index (χ1n) is 6.18. The second-order valence-corrected chi connectivity index (χ2v) is 4.80. The van der Waals surface area contributed by atoms with E-state index >= 15 is 0 Å². The highest BCUT2D eigenvalue weighted by Crippen LogP contribution is 2.23. The van der Waals surface area contributed by atoms with Crippen molar-refractivity contribution in [1.82, 2.24) is 9.97 Å². The summed E-state index contributed by atoms with van der Waals surface area (Å²) in [6, 6.07) is 1.95. The van der Waals surface area contributed by atoms with E-state index in [1.54, 1.807) is 13.0 Å². The number of aromatic amines is 1. The molecule has 17 heavy (non-hydrogen) atoms. The van der Waals surface area contributed by atoms with Crippen LogP contribution in [0.1, 0.15) is 32.0 Å². The highest BCUT2D eigenvalue weighted by Gasteiger charge is 2.26. The Morgan fingerprint density at radius 2 is 2.35 bits per heavy atom. The van der Waals surface area contributed by atoms with Gasteiger partial charge in [-0.1, -0.05) is 0 Å². The number of hydrogen-bond acceptors (Lipinski definition) is 4. The Kier molecular flexibility index (Phi) is 3.47. The normalized spacial score (nSPS) is 22.5. The van der Waals surface area contributed by atoms with Crippen molar-refractivity contribution < 1.29 is 0 Å². The van der Waals surface area contributed by atoms with Gasteiger partial charge in [-0.3, -0.25) is 4.79 Å². The zero-order valence-electron chi connectivity index (χ0n) is 10.4. The van der Waals surface area contributed by atoms with Crippen LogP contribution in [0.3, 0.4) is 0 Å². The first-order chi connectivity index (χ1) is 8.08. The average molecular weight is 236 g/mol. The zero-order valence-corrected chi connectivity index (χ0v) is 10.4. The Morgan fingerprint density at radius 3 is 3.00 bits per heavy atom. The number of aromatic nitrogens is 2. The fourth-order valence-electron chi connectivity index (χ4n) is 2.50. The number of nitrogens with one attached hydrogen (secondary N) is 1. The molecule has 1 saturated heterocycles. The summed E-state index contributed by atoms with van der Waals surface area (Å²) in [4.78, 5) is 20.7. The molecule has 2 rings (SSSR count). The summed E-state index contributed by atoms with van der Waals surface area (Å²) >= 11 is 0. The van der Waals surface area contributed by atoms with Gasteiger partial charge in [-0.25, -0.2) is 4.98 Å². The maximum absolute atomic E-state index is 11.5. The van der Waals surface area contributed by atoms with Gasteiger partial charge in [0.15, 0.2) is 0 Å². The third-order valence-electron chi connectivity index (χ3n) is 3.30. The minimum atomic E-state index is -0.0958. The Hall–Kier alpha value is -1.36. The van der Waals surface area contributed by atoms with Gasteiger partial charge in [0, 0.05) is 24.7 Å². The van der Waals surface area contributed by atoms with Crippen LogP contribution in [0.15, 0.2) is 10.9 Å². The van der Waals surface area contributed by atoms with Gasteiger partial charge < -0.3 is 15.6 Å². The Morgan fingerprint density at radius 1 is 1.59 bits per heavy atom. The van der Waals surface area contributed by atoms with E-state index in [1.807, 2.05) is 6.92 Å². The molecule has 0 spiro atoms. The van der Waals surface area contributed by atoms with E-state index in [2.05, 4.69) is 14.9 Å². The number of H-pyrrole nitrogens is 1. The van der Waals surface area contributed by atoms with Gasteiger partial charge in [0.05, 0.1) is 0 Å². The predicted octanol–water partition coefficient (Wildman–Crippen LogP) is 0.784. The molecule has 1 aliphatic heterocycles. The molecular weight excluding hydrogens is 216 g/mol. The summed E-state index contributed by atoms with van der Waals surface area (Å²) < 4.78 is 0. The number of piperidine rings is 1. The van der Waals surface area contributed by atoms with Gasteiger partial charge in [-0.2, -0.15) is 0 Å². The fraction of sp³-hybridized carbons (Fsp3) is 0.667. The molecule has 0 amide bonds. The third kappa shape index (κ3) is 2.66. The van der Waals surface area contributed by atoms with Crippen molar-refractivity contribution >= 4 is 5.82 Å². The maximum Gasteiger partial charge on any atom is 0.252 e. The molecule has 5 nitrogen and oxygen atoms in total. The largest absolute Gasteiger partial charge is 0.352 e. The lowest BCUT2D eigenvalue weighted by atomic mass is 9.97. The molecule has 0 radical (unpaired) electrons. The smallest absolute Gasteiger partial charge is 0.252 e. The summed E-state index contributed by atoms with van der Waals surface area (Å²) in [6.07, 6.45) is 3.41. The number of hydrogen-bond donors (Lipinski definition) is 2. The molecular formula is C12H20N4O. The molecule has 1 aromatic rings. The van der Waals surface area contributed by atoms with Gasteiger partial charge in [-0.15, -0.1) is 0 Å². The van der Waals surface area contributed by atoms with Crippen LogP contribution in [0.2, 0.25) is 0 Å². The lowest BCUT2D eigenvalue weighted by molar-refractivity contribution is 0.410. The number of nitrogens with two attached hydrogens (primary N) is 1. The van der Waals surface area contributed by atoms with Crippen LogP contribution >= 0.6 is 0 Å². The molecule has 1 fully saturated rings. The van der Waals surface area contributed by atoms with E-state index < -0.39 is 0 Å². The molecule has 2 heterocycles. The monoisotopic (exact) mass is 236 g/mol. The van der Waals surface area contributed by atoms with E-state index in [-0.39, 0.29) is 17.6 Å². The lowest BCUT2D eigenvalue weighted by Gasteiger charge is -2.38. The molecule has 2 atom stereocenters. The van der Waals surface area contributed by atoms with E-state index in [0.29, 0.717) is 5.82 Å². The maximum atomic E-state index is 11.5. The number of aryl methyl sites for hydroxylation is 1. The van der Waals surface area contributed by atoms with Crippen molar-refractivity contribution in [2.24, 2.45) is 5.73 Å². The lowest BCUT2D eigenvalue weighted by Crippen LogP contribution is -2.50. The standard InChI is InChI=1S/C12H20N4O/c1-8(13)10-5-3-4-6-16(10)11-7-12(17)15-9(2)14-11/h7-8,10H,3-6,13H2,1-2H3,(H,14,15,17). The summed E-state index contributed by atoms with van der Waals surface area (Å²) in [6.45, 7) is 4.75. The van der Waals surface area contributed by atoms with Crippen molar-refractivity contribution in [1.29, 1.82) is 0 Å². The highest BCUT2D eigenvalue weighted by atomic mass is 16.1. The molecule has 0 aromatic carbocycles. The number of nitrogens with zero attached hydrogens (tertiary/aromatic N) is 2. The van der Waals surface area contributed by atoms with Crippen molar-refractivity contribution in [3.05, 3.63) is 22.2 Å². The summed E-state index contributed by atoms with van der Waals surface area (Å²) in [5.74, 6) is 1.41. The first kappa shape index (κ1) is 12.1. The van der Waals surface area contributed by atoms with E-state index in [0.717, 1.165) is 25.2 Å². The molecule has 94 valence electrons. The van der Waals surface area contributed by atoms with Gasteiger partial charge >= 0.3 is 0 Å². The third-order valence-corrected chi connectivity index (χ3v) is 3.30. The SMILES string of the molecule is Cc1nc(N2CCCCC2C(C)N)cc(=O)[nH]1. The van der Waals surface area contributed by atoms with Crippen molar-refractivity contribution in [2.75, 3.05) is 11.4 Å². The minimum absolute atomic E-state index is 0.0942. The molecule has 5 heteroatoms. The molecule has 0 bridgehead atoms. The molecule has 1 aromatic heterocycles. The molecule has 2 unspecified atom stereocenters. The fourth-order valence-corrected chi connectivity index (χ4v) is 2.50. The Bertz CT molecular complexity index is 440. The summed E-state index contributed by atoms with van der Waals surface area (Å²) in [5.41, 5.74) is 5.92. The number of rotatable bonds is 2. The van der Waals surface area contributed by atoms with Crippen LogP contribution in [0.25, 0.3) is 0 Å². The van der Waals surface area contributed by atoms with Gasteiger partial charge in [0.1, 0.15) is 11.6 Å². The van der Waals surface area contributed by atoms with Crippen molar-refractivity contribution in [2.45, 2.75) is 45.2 Å². The van der Waals surface area contributed by atoms with Crippen LogP contribution in [-0.2, 0) is 0 Å². The molecule has 1 aliphatic rings. The summed E-state index contributed by atoms with van der Waals surface area (Å²) in [7, 11) is 0. The minimum Gasteiger partial charge on any atom is -0.352 e. The predicted molar refractivity (Wildman–Crippen MR) is 68.2 cm³/mol. The topological polar surface area (TPSA) is 75.0 Å². The van der Waals surface area contributed by atoms with Crippen molar-refractivity contribution in [3.8, 4) is 0 Å². The second kappa shape index (κ2) is 4.87. The van der Waals surface area contributed by atoms with Gasteiger partial charge in [-0.05, 0) is 33.1 Å². The van der Waals surface area contributed by atoms with E-state index in [9.17, 15) is 4.79 Å². The zero-order chi connectivity index (χ0) is 12.4. The van der Waals surface area contributed by atoms with Crippen LogP contribution in [-0.4, -0.2) is 28.6 Å². The van der Waals surface area contributed by atoms with Crippen molar-refractivity contribution in [3.63, 3.8) is 0 Å². The molecule has 3 N–H and O–H groups in total.